The van der Waals surface area contributed by atoms with Gasteiger partial charge in [-0.3, -0.25) is 0 Å². The molecule has 0 rings (SSSR count). The summed E-state index contributed by atoms with van der Waals surface area (Å²) < 4.78 is 8.71. The first-order chi connectivity index (χ1) is 9.31. The van der Waals surface area contributed by atoms with Crippen LogP contribution in [0.15, 0.2) is 36.5 Å². The smallest absolute Gasteiger partial charge is 0.341 e. The molecule has 108 valence electrons. The number of rotatable bonds is 6. The summed E-state index contributed by atoms with van der Waals surface area (Å²) in [6, 6.07) is 0. The van der Waals surface area contributed by atoms with Gasteiger partial charge in [0.2, 0.25) is 0 Å². The van der Waals surface area contributed by atoms with Gasteiger partial charge in [0, 0.05) is 23.3 Å². The molecule has 0 atom stereocenters. The fraction of sp³-hybridized carbons (Fsp3) is 0.286. The third-order valence-electron chi connectivity index (χ3n) is 2.17. The summed E-state index contributed by atoms with van der Waals surface area (Å²) >= 11 is 0. The van der Waals surface area contributed by atoms with E-state index in [4.69, 9.17) is 0 Å². The van der Waals surface area contributed by atoms with Gasteiger partial charge in [-0.05, 0) is 12.8 Å². The van der Waals surface area contributed by atoms with Crippen LogP contribution in [0.5, 0.6) is 0 Å². The zero-order valence-electron chi connectivity index (χ0n) is 11.4. The van der Waals surface area contributed by atoms with E-state index < -0.39 is 23.9 Å². The number of carbonyl (C=O) groups excluding carboxylic acids is 4. The first-order valence-electron chi connectivity index (χ1n) is 5.87. The van der Waals surface area contributed by atoms with Crippen molar-refractivity contribution in [3.63, 3.8) is 0 Å². The highest BCUT2D eigenvalue weighted by Gasteiger charge is 2.13. The van der Waals surface area contributed by atoms with Crippen molar-refractivity contribution in [1.82, 2.24) is 0 Å². The van der Waals surface area contributed by atoms with E-state index in [0.717, 1.165) is 0 Å². The lowest BCUT2D eigenvalue weighted by Crippen LogP contribution is -2.14. The molecule has 0 fully saturated rings. The van der Waals surface area contributed by atoms with Crippen LogP contribution < -0.4 is 0 Å². The summed E-state index contributed by atoms with van der Waals surface area (Å²) in [6.07, 6.45) is 2.05. The Morgan fingerprint density at radius 3 is 1.35 bits per heavy atom. The van der Waals surface area contributed by atoms with E-state index in [0.29, 0.717) is 25.0 Å². The molecule has 0 bridgehead atoms. The summed E-state index contributed by atoms with van der Waals surface area (Å²) in [5.41, 5.74) is 0.257. The average molecular weight is 280 g/mol. The normalized spacial score (nSPS) is 9.90. The first-order valence-corrected chi connectivity index (χ1v) is 5.87. The molecular weight excluding hydrogens is 264 g/mol. The van der Waals surface area contributed by atoms with Gasteiger partial charge in [0.1, 0.15) is 0 Å². The minimum absolute atomic E-state index is 0.128. The van der Waals surface area contributed by atoms with E-state index in [1.54, 1.807) is 13.8 Å². The topological polar surface area (TPSA) is 86.7 Å². The molecule has 0 spiro atoms. The standard InChI is InChI=1S/C14H16O6/c1-5-9(3)13(17)19-11(15)7-8-12(16)20-14(18)10(4)6-2/h7-8H,3-6H2,1-2H3/b8-7+. The number of ether oxygens (including phenoxy) is 2. The van der Waals surface area contributed by atoms with Crippen LogP contribution in [-0.2, 0) is 28.7 Å². The highest BCUT2D eigenvalue weighted by Crippen LogP contribution is 2.01. The van der Waals surface area contributed by atoms with Crippen LogP contribution in [-0.4, -0.2) is 23.9 Å². The third-order valence-corrected chi connectivity index (χ3v) is 2.17. The Balaban J connectivity index is 4.36. The molecule has 0 N–H and O–H groups in total. The van der Waals surface area contributed by atoms with Gasteiger partial charge >= 0.3 is 23.9 Å². The van der Waals surface area contributed by atoms with Crippen molar-refractivity contribution in [2.24, 2.45) is 0 Å². The second-order valence-corrected chi connectivity index (χ2v) is 3.66. The monoisotopic (exact) mass is 280 g/mol. The Bertz CT molecular complexity index is 440. The lowest BCUT2D eigenvalue weighted by molar-refractivity contribution is -0.156. The van der Waals surface area contributed by atoms with Gasteiger partial charge < -0.3 is 9.47 Å². The average Bonchev–Trinajstić information content (AvgIpc) is 2.42. The largest absolute Gasteiger partial charge is 0.386 e. The molecule has 0 aromatic rings. The number of esters is 4. The van der Waals surface area contributed by atoms with Gasteiger partial charge in [0.05, 0.1) is 0 Å². The summed E-state index contributed by atoms with van der Waals surface area (Å²) in [5.74, 6) is -3.84. The maximum atomic E-state index is 11.2. The van der Waals surface area contributed by atoms with Crippen LogP contribution in [0.1, 0.15) is 26.7 Å². The maximum absolute atomic E-state index is 11.2. The van der Waals surface area contributed by atoms with Gasteiger partial charge in [-0.15, -0.1) is 0 Å². The lowest BCUT2D eigenvalue weighted by atomic mass is 10.2. The van der Waals surface area contributed by atoms with Crippen molar-refractivity contribution in [2.45, 2.75) is 26.7 Å². The molecule has 0 radical (unpaired) electrons. The molecule has 0 aliphatic carbocycles. The fourth-order valence-corrected chi connectivity index (χ4v) is 0.820. The van der Waals surface area contributed by atoms with Crippen molar-refractivity contribution in [1.29, 1.82) is 0 Å². The van der Waals surface area contributed by atoms with Crippen LogP contribution in [0.2, 0.25) is 0 Å². The summed E-state index contributed by atoms with van der Waals surface area (Å²) in [5, 5.41) is 0. The predicted molar refractivity (Wildman–Crippen MR) is 70.2 cm³/mol. The molecular formula is C14H16O6. The van der Waals surface area contributed by atoms with Gasteiger partial charge in [-0.2, -0.15) is 0 Å². The Morgan fingerprint density at radius 1 is 0.800 bits per heavy atom. The maximum Gasteiger partial charge on any atom is 0.341 e. The molecule has 0 aromatic heterocycles. The van der Waals surface area contributed by atoms with Gasteiger partial charge in [-0.1, -0.05) is 27.0 Å². The minimum atomic E-state index is -1.05. The van der Waals surface area contributed by atoms with Gasteiger partial charge in [0.25, 0.3) is 0 Å². The molecule has 0 saturated heterocycles. The zero-order valence-corrected chi connectivity index (χ0v) is 11.4. The molecule has 6 nitrogen and oxygen atoms in total. The van der Waals surface area contributed by atoms with Crippen LogP contribution in [0.3, 0.4) is 0 Å². The molecule has 0 saturated carbocycles. The first kappa shape index (κ1) is 17.5. The van der Waals surface area contributed by atoms with Crippen LogP contribution >= 0.6 is 0 Å². The van der Waals surface area contributed by atoms with Gasteiger partial charge in [0.15, 0.2) is 0 Å². The molecule has 0 heterocycles. The number of carbonyl (C=O) groups is 4. The Morgan fingerprint density at radius 2 is 1.10 bits per heavy atom. The summed E-state index contributed by atoms with van der Waals surface area (Å²) in [7, 11) is 0. The molecule has 0 aromatic carbocycles. The van der Waals surface area contributed by atoms with E-state index in [1.807, 2.05) is 0 Å². The Kier molecular flexibility index (Phi) is 7.50. The van der Waals surface area contributed by atoms with E-state index in [2.05, 4.69) is 22.6 Å². The SMILES string of the molecule is C=C(CC)C(=O)OC(=O)/C=C/C(=O)OC(=O)C(=C)CC. The molecule has 0 amide bonds. The second-order valence-electron chi connectivity index (χ2n) is 3.66. The van der Waals surface area contributed by atoms with E-state index in [9.17, 15) is 19.2 Å². The van der Waals surface area contributed by atoms with Crippen molar-refractivity contribution < 1.29 is 28.7 Å². The van der Waals surface area contributed by atoms with Crippen LogP contribution in [0.25, 0.3) is 0 Å². The molecule has 6 heteroatoms. The van der Waals surface area contributed by atoms with Crippen molar-refractivity contribution in [3.8, 4) is 0 Å². The van der Waals surface area contributed by atoms with Crippen molar-refractivity contribution in [3.05, 3.63) is 36.5 Å². The highest BCUT2D eigenvalue weighted by molar-refractivity contribution is 6.03. The third kappa shape index (κ3) is 6.44. The van der Waals surface area contributed by atoms with Gasteiger partial charge in [-0.25, -0.2) is 19.2 Å². The Labute approximate surface area is 116 Å². The predicted octanol–water partition coefficient (Wildman–Crippen LogP) is 1.61. The van der Waals surface area contributed by atoms with Crippen LogP contribution in [0.4, 0.5) is 0 Å². The van der Waals surface area contributed by atoms with Crippen LogP contribution in [0, 0.1) is 0 Å². The van der Waals surface area contributed by atoms with E-state index >= 15 is 0 Å². The summed E-state index contributed by atoms with van der Waals surface area (Å²) in [6.45, 7) is 10.1. The van der Waals surface area contributed by atoms with E-state index in [-0.39, 0.29) is 11.1 Å². The number of hydrogen-bond acceptors (Lipinski definition) is 6. The fourth-order valence-electron chi connectivity index (χ4n) is 0.820. The molecule has 0 aliphatic heterocycles. The highest BCUT2D eigenvalue weighted by atomic mass is 16.6. The Hall–Kier alpha value is -2.50. The molecule has 0 aliphatic rings. The lowest BCUT2D eigenvalue weighted by Gasteiger charge is -2.01. The quantitative estimate of drug-likeness (QED) is 0.417. The number of hydrogen-bond donors (Lipinski definition) is 0. The second kappa shape index (κ2) is 8.58. The van der Waals surface area contributed by atoms with Crippen molar-refractivity contribution >= 4 is 23.9 Å². The zero-order chi connectivity index (χ0) is 15.7. The van der Waals surface area contributed by atoms with Crippen molar-refractivity contribution in [2.75, 3.05) is 0 Å². The summed E-state index contributed by atoms with van der Waals surface area (Å²) in [4.78, 5) is 44.7. The molecule has 20 heavy (non-hydrogen) atoms. The molecule has 0 unspecified atom stereocenters. The minimum Gasteiger partial charge on any atom is -0.386 e. The van der Waals surface area contributed by atoms with E-state index in [1.165, 1.54) is 0 Å².